The van der Waals surface area contributed by atoms with Crippen molar-refractivity contribution >= 4 is 22.7 Å². The number of pyridine rings is 1. The molecule has 3 heterocycles. The molecule has 0 saturated carbocycles. The molecule has 174 valence electrons. The highest BCUT2D eigenvalue weighted by Crippen LogP contribution is 2.23. The zero-order valence-corrected chi connectivity index (χ0v) is 18.3. The standard InChI is InChI=1S/C23H26FN5O4/c1-27(32)23(31)20-12-18-19(22(30)25-6-7-28-8-10-33-11-9-28)15-29(21(18)13-26-20)14-16-2-4-17(24)5-3-16/h2-5,12-13,15,32H,6-11,14H2,1H3,(H,25,30). The summed E-state index contributed by atoms with van der Waals surface area (Å²) in [5.41, 5.74) is 1.91. The Bertz CT molecular complexity index is 1140. The van der Waals surface area contributed by atoms with Crippen LogP contribution in [0.15, 0.2) is 42.7 Å². The summed E-state index contributed by atoms with van der Waals surface area (Å²) in [6.07, 6.45) is 3.21. The SMILES string of the molecule is CN(O)C(=O)c1cc2c(C(=O)NCCN3CCOCC3)cn(Cc3ccc(F)cc3)c2cn1. The number of amides is 2. The molecular weight excluding hydrogens is 429 g/mol. The van der Waals surface area contributed by atoms with Crippen molar-refractivity contribution in [2.45, 2.75) is 6.54 Å². The number of hydroxylamine groups is 2. The lowest BCUT2D eigenvalue weighted by molar-refractivity contribution is -0.0379. The second kappa shape index (κ2) is 10.1. The Morgan fingerprint density at radius 3 is 2.67 bits per heavy atom. The summed E-state index contributed by atoms with van der Waals surface area (Å²) in [5.74, 6) is -1.27. The average molecular weight is 455 g/mol. The van der Waals surface area contributed by atoms with E-state index in [9.17, 15) is 19.2 Å². The first-order valence-electron chi connectivity index (χ1n) is 10.7. The topological polar surface area (TPSA) is 99.9 Å². The number of morpholine rings is 1. The molecule has 0 radical (unpaired) electrons. The van der Waals surface area contributed by atoms with Gasteiger partial charge in [0.05, 0.1) is 30.5 Å². The number of carbonyl (C=O) groups excluding carboxylic acids is 2. The summed E-state index contributed by atoms with van der Waals surface area (Å²) < 4.78 is 20.5. The molecule has 9 nitrogen and oxygen atoms in total. The Balaban J connectivity index is 1.60. The molecule has 33 heavy (non-hydrogen) atoms. The maximum Gasteiger partial charge on any atom is 0.295 e. The van der Waals surface area contributed by atoms with E-state index in [1.807, 2.05) is 4.57 Å². The second-order valence-electron chi connectivity index (χ2n) is 7.92. The van der Waals surface area contributed by atoms with Crippen LogP contribution in [0.3, 0.4) is 0 Å². The van der Waals surface area contributed by atoms with E-state index in [2.05, 4.69) is 15.2 Å². The molecule has 0 aliphatic carbocycles. The van der Waals surface area contributed by atoms with Crippen molar-refractivity contribution in [2.24, 2.45) is 0 Å². The maximum absolute atomic E-state index is 13.3. The molecule has 2 N–H and O–H groups in total. The van der Waals surface area contributed by atoms with Gasteiger partial charge in [0.15, 0.2) is 0 Å². The van der Waals surface area contributed by atoms with Gasteiger partial charge in [-0.1, -0.05) is 12.1 Å². The highest BCUT2D eigenvalue weighted by molar-refractivity contribution is 6.08. The fourth-order valence-electron chi connectivity index (χ4n) is 3.82. The molecule has 1 aliphatic rings. The number of ether oxygens (including phenoxy) is 1. The Kier molecular flexibility index (Phi) is 6.97. The van der Waals surface area contributed by atoms with Crippen LogP contribution in [0, 0.1) is 5.82 Å². The molecule has 0 spiro atoms. The molecule has 1 aliphatic heterocycles. The maximum atomic E-state index is 13.3. The van der Waals surface area contributed by atoms with Crippen molar-refractivity contribution in [3.63, 3.8) is 0 Å². The van der Waals surface area contributed by atoms with E-state index in [1.54, 1.807) is 18.3 Å². The fourth-order valence-corrected chi connectivity index (χ4v) is 3.82. The van der Waals surface area contributed by atoms with Crippen molar-refractivity contribution in [1.29, 1.82) is 0 Å². The van der Waals surface area contributed by atoms with Crippen LogP contribution in [0.25, 0.3) is 10.9 Å². The molecule has 0 atom stereocenters. The summed E-state index contributed by atoms with van der Waals surface area (Å²) in [4.78, 5) is 31.6. The van der Waals surface area contributed by atoms with Crippen molar-refractivity contribution in [3.8, 4) is 0 Å². The van der Waals surface area contributed by atoms with Crippen LogP contribution in [0.1, 0.15) is 26.4 Å². The van der Waals surface area contributed by atoms with Crippen LogP contribution in [0.5, 0.6) is 0 Å². The molecule has 1 aromatic carbocycles. The number of nitrogens with one attached hydrogen (secondary N) is 1. The number of nitrogens with zero attached hydrogens (tertiary/aromatic N) is 4. The van der Waals surface area contributed by atoms with Gasteiger partial charge >= 0.3 is 0 Å². The molecule has 0 bridgehead atoms. The third kappa shape index (κ3) is 5.36. The fraction of sp³-hybridized carbons (Fsp3) is 0.348. The molecule has 0 unspecified atom stereocenters. The van der Waals surface area contributed by atoms with Gasteiger partial charge in [-0.3, -0.25) is 19.7 Å². The monoisotopic (exact) mass is 455 g/mol. The van der Waals surface area contributed by atoms with Gasteiger partial charge in [0.1, 0.15) is 11.5 Å². The molecule has 3 aromatic rings. The molecular formula is C23H26FN5O4. The van der Waals surface area contributed by atoms with Crippen molar-refractivity contribution in [2.75, 3.05) is 46.4 Å². The van der Waals surface area contributed by atoms with Gasteiger partial charge in [0.25, 0.3) is 11.8 Å². The van der Waals surface area contributed by atoms with Crippen LogP contribution >= 0.6 is 0 Å². The molecule has 2 amide bonds. The van der Waals surface area contributed by atoms with E-state index in [4.69, 9.17) is 4.74 Å². The summed E-state index contributed by atoms with van der Waals surface area (Å²) in [6, 6.07) is 7.62. The highest BCUT2D eigenvalue weighted by Gasteiger charge is 2.20. The lowest BCUT2D eigenvalue weighted by Crippen LogP contribution is -2.41. The normalized spacial score (nSPS) is 14.4. The predicted octanol–water partition coefficient (Wildman–Crippen LogP) is 1.75. The Morgan fingerprint density at radius 2 is 1.97 bits per heavy atom. The zero-order chi connectivity index (χ0) is 23.4. The van der Waals surface area contributed by atoms with Crippen LogP contribution in [0.2, 0.25) is 0 Å². The van der Waals surface area contributed by atoms with Gasteiger partial charge in [-0.05, 0) is 23.8 Å². The van der Waals surface area contributed by atoms with Crippen LogP contribution in [-0.4, -0.2) is 83.0 Å². The van der Waals surface area contributed by atoms with E-state index in [1.165, 1.54) is 31.4 Å². The summed E-state index contributed by atoms with van der Waals surface area (Å²) in [5, 5.41) is 13.4. The molecule has 1 fully saturated rings. The van der Waals surface area contributed by atoms with Crippen molar-refractivity contribution in [1.82, 2.24) is 24.8 Å². The minimum atomic E-state index is -0.679. The number of hydrogen-bond donors (Lipinski definition) is 2. The van der Waals surface area contributed by atoms with Gasteiger partial charge in [-0.25, -0.2) is 14.4 Å². The number of benzene rings is 1. The highest BCUT2D eigenvalue weighted by atomic mass is 19.1. The van der Waals surface area contributed by atoms with Gasteiger partial charge in [-0.2, -0.15) is 0 Å². The first-order chi connectivity index (χ1) is 15.9. The van der Waals surface area contributed by atoms with E-state index >= 15 is 0 Å². The van der Waals surface area contributed by atoms with Crippen molar-refractivity contribution < 1.29 is 23.9 Å². The number of rotatable bonds is 7. The number of aromatic nitrogens is 2. The van der Waals surface area contributed by atoms with Gasteiger partial charge in [0.2, 0.25) is 0 Å². The largest absolute Gasteiger partial charge is 0.379 e. The number of carbonyl (C=O) groups is 2. The lowest BCUT2D eigenvalue weighted by Gasteiger charge is -2.26. The first-order valence-corrected chi connectivity index (χ1v) is 10.7. The van der Waals surface area contributed by atoms with Crippen LogP contribution in [-0.2, 0) is 11.3 Å². The van der Waals surface area contributed by atoms with Gasteiger partial charge < -0.3 is 14.6 Å². The molecule has 2 aromatic heterocycles. The average Bonchev–Trinajstić information content (AvgIpc) is 3.18. The Hall–Kier alpha value is -3.34. The van der Waals surface area contributed by atoms with Crippen molar-refractivity contribution in [3.05, 3.63) is 65.4 Å². The molecule has 10 heteroatoms. The summed E-state index contributed by atoms with van der Waals surface area (Å²) in [7, 11) is 1.22. The Labute approximate surface area is 190 Å². The smallest absolute Gasteiger partial charge is 0.295 e. The number of halogens is 1. The predicted molar refractivity (Wildman–Crippen MR) is 119 cm³/mol. The lowest BCUT2D eigenvalue weighted by atomic mass is 10.1. The van der Waals surface area contributed by atoms with Crippen LogP contribution < -0.4 is 5.32 Å². The van der Waals surface area contributed by atoms with Gasteiger partial charge in [-0.15, -0.1) is 0 Å². The minimum absolute atomic E-state index is 0.0226. The second-order valence-corrected chi connectivity index (χ2v) is 7.92. The molecule has 4 rings (SSSR count). The van der Waals surface area contributed by atoms with Gasteiger partial charge in [0, 0.05) is 51.4 Å². The quantitative estimate of drug-likeness (QED) is 0.416. The van der Waals surface area contributed by atoms with E-state index in [-0.39, 0.29) is 17.4 Å². The third-order valence-electron chi connectivity index (χ3n) is 5.61. The summed E-state index contributed by atoms with van der Waals surface area (Å²) >= 11 is 0. The molecule has 1 saturated heterocycles. The number of hydrogen-bond acceptors (Lipinski definition) is 6. The first kappa shape index (κ1) is 22.8. The van der Waals surface area contributed by atoms with Crippen LogP contribution in [0.4, 0.5) is 4.39 Å². The number of fused-ring (bicyclic) bond motifs is 1. The minimum Gasteiger partial charge on any atom is -0.379 e. The zero-order valence-electron chi connectivity index (χ0n) is 18.3. The van der Waals surface area contributed by atoms with E-state index in [0.717, 1.165) is 18.7 Å². The van der Waals surface area contributed by atoms with E-state index in [0.29, 0.717) is 54.4 Å². The summed E-state index contributed by atoms with van der Waals surface area (Å²) in [6.45, 7) is 4.62. The third-order valence-corrected chi connectivity index (χ3v) is 5.61. The van der Waals surface area contributed by atoms with E-state index < -0.39 is 5.91 Å². The Morgan fingerprint density at radius 1 is 1.24 bits per heavy atom.